The van der Waals surface area contributed by atoms with Gasteiger partial charge in [-0.2, -0.15) is 0 Å². The number of nitrogens with zero attached hydrogens (tertiary/aromatic N) is 1. The molecule has 1 aromatic carbocycles. The standard InChI is InChI=1S/C17H25FN2/c1-19-16(14-8-2-3-9-15(14)18)17(10-4-5-11-17)20-12-6-7-13-20/h2-3,8-9,16,19H,4-7,10-13H2,1H3. The van der Waals surface area contributed by atoms with Crippen LogP contribution >= 0.6 is 0 Å². The van der Waals surface area contributed by atoms with Crippen LogP contribution in [-0.2, 0) is 0 Å². The average Bonchev–Trinajstić information content (AvgIpc) is 3.12. The molecule has 1 saturated carbocycles. The van der Waals surface area contributed by atoms with Gasteiger partial charge in [-0.25, -0.2) is 4.39 Å². The Kier molecular flexibility index (Phi) is 4.08. The van der Waals surface area contributed by atoms with Gasteiger partial charge in [-0.3, -0.25) is 4.90 Å². The molecule has 3 heteroatoms. The predicted octanol–water partition coefficient (Wildman–Crippen LogP) is 3.49. The second-order valence-electron chi connectivity index (χ2n) is 6.25. The largest absolute Gasteiger partial charge is 0.311 e. The predicted molar refractivity (Wildman–Crippen MR) is 80.2 cm³/mol. The fraction of sp³-hybridized carbons (Fsp3) is 0.647. The molecule has 2 nitrogen and oxygen atoms in total. The smallest absolute Gasteiger partial charge is 0.128 e. The molecule has 1 N–H and O–H groups in total. The highest BCUT2D eigenvalue weighted by molar-refractivity contribution is 5.26. The summed E-state index contributed by atoms with van der Waals surface area (Å²) in [6.07, 6.45) is 7.48. The molecule has 1 saturated heterocycles. The normalized spacial score (nSPS) is 24.1. The maximum atomic E-state index is 14.3. The zero-order valence-electron chi connectivity index (χ0n) is 12.4. The third kappa shape index (κ3) is 2.27. The lowest BCUT2D eigenvalue weighted by Gasteiger charge is -2.45. The molecule has 2 aliphatic rings. The molecule has 20 heavy (non-hydrogen) atoms. The van der Waals surface area contributed by atoms with E-state index in [4.69, 9.17) is 0 Å². The molecule has 1 aliphatic carbocycles. The Morgan fingerprint density at radius 1 is 1.10 bits per heavy atom. The van der Waals surface area contributed by atoms with Crippen LogP contribution in [0, 0.1) is 5.82 Å². The molecule has 2 fully saturated rings. The maximum absolute atomic E-state index is 14.3. The van der Waals surface area contributed by atoms with E-state index >= 15 is 0 Å². The minimum absolute atomic E-state index is 0.0719. The van der Waals surface area contributed by atoms with Gasteiger partial charge >= 0.3 is 0 Å². The maximum Gasteiger partial charge on any atom is 0.128 e. The summed E-state index contributed by atoms with van der Waals surface area (Å²) in [5, 5.41) is 3.44. The second-order valence-corrected chi connectivity index (χ2v) is 6.25. The van der Waals surface area contributed by atoms with Gasteiger partial charge in [0.25, 0.3) is 0 Å². The van der Waals surface area contributed by atoms with Crippen molar-refractivity contribution in [1.82, 2.24) is 10.2 Å². The minimum Gasteiger partial charge on any atom is -0.311 e. The summed E-state index contributed by atoms with van der Waals surface area (Å²) in [5.41, 5.74) is 0.955. The van der Waals surface area contributed by atoms with E-state index in [9.17, 15) is 4.39 Å². The fourth-order valence-corrected chi connectivity index (χ4v) is 4.36. The molecule has 0 spiro atoms. The topological polar surface area (TPSA) is 15.3 Å². The van der Waals surface area contributed by atoms with Crippen molar-refractivity contribution >= 4 is 0 Å². The molecular formula is C17H25FN2. The zero-order chi connectivity index (χ0) is 14.0. The number of benzene rings is 1. The lowest BCUT2D eigenvalue weighted by Crippen LogP contribution is -2.53. The average molecular weight is 276 g/mol. The number of likely N-dealkylation sites (tertiary alicyclic amines) is 1. The van der Waals surface area contributed by atoms with Crippen LogP contribution < -0.4 is 5.32 Å². The Bertz CT molecular complexity index is 448. The summed E-state index contributed by atoms with van der Waals surface area (Å²) < 4.78 is 14.3. The summed E-state index contributed by atoms with van der Waals surface area (Å²) in [4.78, 5) is 2.63. The number of likely N-dealkylation sites (N-methyl/N-ethyl adjacent to an activating group) is 1. The Morgan fingerprint density at radius 3 is 2.35 bits per heavy atom. The quantitative estimate of drug-likeness (QED) is 0.905. The molecule has 1 atom stereocenters. The Balaban J connectivity index is 1.98. The van der Waals surface area contributed by atoms with E-state index < -0.39 is 0 Å². The summed E-state index contributed by atoms with van der Waals surface area (Å²) in [6.45, 7) is 2.35. The van der Waals surface area contributed by atoms with E-state index in [1.165, 1.54) is 51.6 Å². The van der Waals surface area contributed by atoms with Crippen LogP contribution in [0.5, 0.6) is 0 Å². The summed E-state index contributed by atoms with van der Waals surface area (Å²) in [7, 11) is 1.98. The first kappa shape index (κ1) is 14.0. The minimum atomic E-state index is -0.0719. The van der Waals surface area contributed by atoms with Crippen LogP contribution in [0.1, 0.15) is 50.1 Å². The highest BCUT2D eigenvalue weighted by Crippen LogP contribution is 2.46. The van der Waals surface area contributed by atoms with Crippen LogP contribution in [0.3, 0.4) is 0 Å². The summed E-state index contributed by atoms with van der Waals surface area (Å²) >= 11 is 0. The van der Waals surface area contributed by atoms with Crippen molar-refractivity contribution in [2.45, 2.75) is 50.1 Å². The van der Waals surface area contributed by atoms with Crippen molar-refractivity contribution in [2.24, 2.45) is 0 Å². The van der Waals surface area contributed by atoms with E-state index in [1.54, 1.807) is 12.1 Å². The zero-order valence-corrected chi connectivity index (χ0v) is 12.4. The molecule has 1 unspecified atom stereocenters. The molecular weight excluding hydrogens is 251 g/mol. The van der Waals surface area contributed by atoms with E-state index in [0.29, 0.717) is 0 Å². The molecule has 1 aliphatic heterocycles. The highest BCUT2D eigenvalue weighted by Gasteiger charge is 2.47. The summed E-state index contributed by atoms with van der Waals surface area (Å²) in [6, 6.07) is 7.38. The van der Waals surface area contributed by atoms with Crippen molar-refractivity contribution in [1.29, 1.82) is 0 Å². The Hall–Kier alpha value is -0.930. The van der Waals surface area contributed by atoms with Crippen LogP contribution in [0.2, 0.25) is 0 Å². The van der Waals surface area contributed by atoms with E-state index in [2.05, 4.69) is 10.2 Å². The van der Waals surface area contributed by atoms with Gasteiger partial charge in [-0.1, -0.05) is 31.0 Å². The SMILES string of the molecule is CNC(c1ccccc1F)C1(N2CCCC2)CCCC1. The van der Waals surface area contributed by atoms with E-state index in [-0.39, 0.29) is 17.4 Å². The number of halogens is 1. The molecule has 0 bridgehead atoms. The van der Waals surface area contributed by atoms with Gasteiger partial charge in [-0.05, 0) is 51.9 Å². The molecule has 1 aromatic rings. The molecule has 110 valence electrons. The van der Waals surface area contributed by atoms with Gasteiger partial charge in [0.1, 0.15) is 5.82 Å². The fourth-order valence-electron chi connectivity index (χ4n) is 4.36. The number of hydrogen-bond donors (Lipinski definition) is 1. The van der Waals surface area contributed by atoms with Crippen molar-refractivity contribution in [3.05, 3.63) is 35.6 Å². The van der Waals surface area contributed by atoms with Gasteiger partial charge in [0.05, 0.1) is 6.04 Å². The molecule has 0 radical (unpaired) electrons. The first-order valence-corrected chi connectivity index (χ1v) is 7.95. The van der Waals surface area contributed by atoms with Crippen molar-refractivity contribution in [2.75, 3.05) is 20.1 Å². The van der Waals surface area contributed by atoms with E-state index in [1.807, 2.05) is 19.2 Å². The van der Waals surface area contributed by atoms with Gasteiger partial charge in [0.2, 0.25) is 0 Å². The van der Waals surface area contributed by atoms with Gasteiger partial charge in [-0.15, -0.1) is 0 Å². The first-order chi connectivity index (χ1) is 9.78. The van der Waals surface area contributed by atoms with E-state index in [0.717, 1.165) is 5.56 Å². The van der Waals surface area contributed by atoms with Crippen LogP contribution in [0.25, 0.3) is 0 Å². The van der Waals surface area contributed by atoms with Crippen molar-refractivity contribution < 1.29 is 4.39 Å². The Labute approximate surface area is 121 Å². The van der Waals surface area contributed by atoms with Crippen LogP contribution in [-0.4, -0.2) is 30.6 Å². The number of hydrogen-bond acceptors (Lipinski definition) is 2. The van der Waals surface area contributed by atoms with Crippen LogP contribution in [0.4, 0.5) is 4.39 Å². The van der Waals surface area contributed by atoms with Gasteiger partial charge in [0, 0.05) is 11.1 Å². The number of rotatable bonds is 4. The molecule has 3 rings (SSSR count). The molecule has 1 heterocycles. The van der Waals surface area contributed by atoms with Crippen LogP contribution in [0.15, 0.2) is 24.3 Å². The molecule has 0 aromatic heterocycles. The third-order valence-corrected chi connectivity index (χ3v) is 5.25. The highest BCUT2D eigenvalue weighted by atomic mass is 19.1. The Morgan fingerprint density at radius 2 is 1.75 bits per heavy atom. The first-order valence-electron chi connectivity index (χ1n) is 7.95. The number of nitrogens with one attached hydrogen (secondary N) is 1. The monoisotopic (exact) mass is 276 g/mol. The van der Waals surface area contributed by atoms with Gasteiger partial charge < -0.3 is 5.32 Å². The van der Waals surface area contributed by atoms with Crippen molar-refractivity contribution in [3.8, 4) is 0 Å². The summed E-state index contributed by atoms with van der Waals surface area (Å²) in [5.74, 6) is -0.0719. The lowest BCUT2D eigenvalue weighted by molar-refractivity contribution is 0.0782. The van der Waals surface area contributed by atoms with Crippen molar-refractivity contribution in [3.63, 3.8) is 0 Å². The van der Waals surface area contributed by atoms with Gasteiger partial charge in [0.15, 0.2) is 0 Å². The lowest BCUT2D eigenvalue weighted by atomic mass is 9.82. The molecule has 0 amide bonds. The third-order valence-electron chi connectivity index (χ3n) is 5.25. The second kappa shape index (κ2) is 5.82.